The lowest BCUT2D eigenvalue weighted by atomic mass is 9.55. The van der Waals surface area contributed by atoms with Gasteiger partial charge in [-0.25, -0.2) is 9.97 Å². The summed E-state index contributed by atoms with van der Waals surface area (Å²) < 4.78 is 0. The second-order valence-corrected chi connectivity index (χ2v) is 16.1. The van der Waals surface area contributed by atoms with Gasteiger partial charge in [0.15, 0.2) is 5.82 Å². The molecule has 1 aromatic heterocycles. The Morgan fingerprint density at radius 3 is 1.41 bits per heavy atom. The molecule has 0 amide bonds. The van der Waals surface area contributed by atoms with E-state index in [-0.39, 0.29) is 5.41 Å². The van der Waals surface area contributed by atoms with Gasteiger partial charge < -0.3 is 0 Å². The summed E-state index contributed by atoms with van der Waals surface area (Å²) in [7, 11) is 0. The minimum absolute atomic E-state index is 0.223. The van der Waals surface area contributed by atoms with Gasteiger partial charge in [-0.1, -0.05) is 202 Å². The van der Waals surface area contributed by atoms with Crippen LogP contribution in [0.25, 0.3) is 67.3 Å². The Hall–Kier alpha value is -7.16. The number of rotatable bonds is 5. The Labute approximate surface area is 340 Å². The first-order valence-corrected chi connectivity index (χ1v) is 20.2. The molecule has 1 spiro atoms. The lowest BCUT2D eigenvalue weighted by Gasteiger charge is -2.46. The van der Waals surface area contributed by atoms with Crippen LogP contribution in [0.5, 0.6) is 0 Å². The van der Waals surface area contributed by atoms with Gasteiger partial charge in [0.1, 0.15) is 0 Å². The summed E-state index contributed by atoms with van der Waals surface area (Å²) in [6.07, 6.45) is 0. The van der Waals surface area contributed by atoms with E-state index in [1.807, 2.05) is 18.2 Å². The van der Waals surface area contributed by atoms with Crippen LogP contribution in [-0.4, -0.2) is 9.97 Å². The largest absolute Gasteiger partial charge is 0.228 e. The second kappa shape index (κ2) is 13.2. The summed E-state index contributed by atoms with van der Waals surface area (Å²) in [5.74, 6) is 0.710. The fourth-order valence-corrected chi connectivity index (χ4v) is 9.81. The molecule has 0 aliphatic heterocycles. The highest BCUT2D eigenvalue weighted by Gasteiger charge is 2.53. The van der Waals surface area contributed by atoms with Crippen molar-refractivity contribution < 1.29 is 0 Å². The molecule has 8 aromatic carbocycles. The molecule has 2 nitrogen and oxygen atoms in total. The molecule has 9 aromatic rings. The van der Waals surface area contributed by atoms with Crippen LogP contribution >= 0.6 is 0 Å². The van der Waals surface area contributed by atoms with Crippen molar-refractivity contribution in [3.05, 3.63) is 240 Å². The number of benzene rings is 8. The molecule has 1 heterocycles. The van der Waals surface area contributed by atoms with Gasteiger partial charge in [0.25, 0.3) is 0 Å². The SMILES string of the molecule is CC1(C)c2ccccc2C2(c3ccccc3-c3ccccc32)c2ccc(-c3cccc(-c4cc(-c5ccc(-c6ccccc6)cc5)nc(-c5ccccc5)n4)c3)cc21. The molecular formula is C56H40N2. The summed E-state index contributed by atoms with van der Waals surface area (Å²) in [5, 5.41) is 0. The minimum atomic E-state index is -0.403. The topological polar surface area (TPSA) is 25.8 Å². The molecule has 0 fully saturated rings. The molecule has 0 atom stereocenters. The van der Waals surface area contributed by atoms with Gasteiger partial charge in [0.05, 0.1) is 16.8 Å². The first kappa shape index (κ1) is 34.1. The summed E-state index contributed by atoms with van der Waals surface area (Å²) in [5.41, 5.74) is 19.8. The molecule has 0 saturated carbocycles. The molecule has 2 heteroatoms. The molecule has 58 heavy (non-hydrogen) atoms. The summed E-state index contributed by atoms with van der Waals surface area (Å²) in [6, 6.07) is 74.9. The predicted octanol–water partition coefficient (Wildman–Crippen LogP) is 13.8. The molecule has 0 radical (unpaired) electrons. The highest BCUT2D eigenvalue weighted by molar-refractivity contribution is 5.89. The normalized spacial score (nSPS) is 14.0. The second-order valence-electron chi connectivity index (χ2n) is 16.1. The minimum Gasteiger partial charge on any atom is -0.228 e. The van der Waals surface area contributed by atoms with E-state index in [2.05, 4.69) is 202 Å². The van der Waals surface area contributed by atoms with Crippen LogP contribution in [0.3, 0.4) is 0 Å². The van der Waals surface area contributed by atoms with Gasteiger partial charge in [-0.3, -0.25) is 0 Å². The van der Waals surface area contributed by atoms with Crippen molar-refractivity contribution in [2.24, 2.45) is 0 Å². The van der Waals surface area contributed by atoms with Gasteiger partial charge in [-0.15, -0.1) is 0 Å². The van der Waals surface area contributed by atoms with Crippen LogP contribution in [0, 0.1) is 0 Å². The van der Waals surface area contributed by atoms with Crippen molar-refractivity contribution in [1.29, 1.82) is 0 Å². The lowest BCUT2D eigenvalue weighted by Crippen LogP contribution is -2.40. The molecule has 11 rings (SSSR count). The van der Waals surface area contributed by atoms with E-state index in [1.165, 1.54) is 61.2 Å². The molecule has 2 aliphatic rings. The van der Waals surface area contributed by atoms with Crippen LogP contribution in [0.1, 0.15) is 47.2 Å². The number of aromatic nitrogens is 2. The van der Waals surface area contributed by atoms with Crippen molar-refractivity contribution in [2.75, 3.05) is 0 Å². The van der Waals surface area contributed by atoms with Gasteiger partial charge in [0, 0.05) is 22.1 Å². The van der Waals surface area contributed by atoms with Gasteiger partial charge in [0.2, 0.25) is 0 Å². The summed E-state index contributed by atoms with van der Waals surface area (Å²) in [6.45, 7) is 4.79. The average Bonchev–Trinajstić information content (AvgIpc) is 3.59. The molecule has 274 valence electrons. The number of nitrogens with zero attached hydrogens (tertiary/aromatic N) is 2. The highest BCUT2D eigenvalue weighted by atomic mass is 14.9. The number of hydrogen-bond acceptors (Lipinski definition) is 2. The van der Waals surface area contributed by atoms with Crippen molar-refractivity contribution in [3.8, 4) is 67.3 Å². The molecule has 0 unspecified atom stereocenters. The quantitative estimate of drug-likeness (QED) is 0.176. The molecule has 0 saturated heterocycles. The molecule has 2 aliphatic carbocycles. The van der Waals surface area contributed by atoms with Crippen molar-refractivity contribution in [3.63, 3.8) is 0 Å². The molecular weight excluding hydrogens is 701 g/mol. The summed E-state index contributed by atoms with van der Waals surface area (Å²) in [4.78, 5) is 10.3. The van der Waals surface area contributed by atoms with Crippen LogP contribution in [0.15, 0.2) is 206 Å². The Morgan fingerprint density at radius 1 is 0.293 bits per heavy atom. The average molecular weight is 741 g/mol. The highest BCUT2D eigenvalue weighted by Crippen LogP contribution is 2.62. The van der Waals surface area contributed by atoms with E-state index in [0.29, 0.717) is 5.82 Å². The maximum atomic E-state index is 5.20. The predicted molar refractivity (Wildman–Crippen MR) is 239 cm³/mol. The van der Waals surface area contributed by atoms with Crippen molar-refractivity contribution in [1.82, 2.24) is 9.97 Å². The molecule has 0 N–H and O–H groups in total. The number of fused-ring (bicyclic) bond motifs is 9. The zero-order valence-electron chi connectivity index (χ0n) is 32.5. The Balaban J connectivity index is 1.05. The zero-order valence-corrected chi connectivity index (χ0v) is 32.5. The van der Waals surface area contributed by atoms with E-state index in [4.69, 9.17) is 9.97 Å². The maximum absolute atomic E-state index is 5.20. The standard InChI is InChI=1S/C56H40N2/c1-55(2)48-26-13-14-27-49(48)56(46-24-11-9-22-44(46)45-23-10-12-25-47(45)56)50-33-32-42(35-51(50)55)41-20-15-21-43(34-41)53-36-52(57-54(58-53)40-18-7-4-8-19-40)39-30-28-38(29-31-39)37-16-5-3-6-17-37/h3-36H,1-2H3. The first-order chi connectivity index (χ1) is 28.5. The van der Waals surface area contributed by atoms with E-state index < -0.39 is 5.41 Å². The van der Waals surface area contributed by atoms with Gasteiger partial charge in [-0.2, -0.15) is 0 Å². The van der Waals surface area contributed by atoms with Crippen molar-refractivity contribution in [2.45, 2.75) is 24.7 Å². The summed E-state index contributed by atoms with van der Waals surface area (Å²) >= 11 is 0. The van der Waals surface area contributed by atoms with E-state index in [9.17, 15) is 0 Å². The van der Waals surface area contributed by atoms with Crippen LogP contribution in [0.4, 0.5) is 0 Å². The van der Waals surface area contributed by atoms with E-state index in [1.54, 1.807) is 0 Å². The Kier molecular flexibility index (Phi) is 7.78. The maximum Gasteiger partial charge on any atom is 0.160 e. The Morgan fingerprint density at radius 2 is 0.741 bits per heavy atom. The lowest BCUT2D eigenvalue weighted by molar-refractivity contribution is 0.563. The van der Waals surface area contributed by atoms with Crippen LogP contribution in [-0.2, 0) is 10.8 Å². The van der Waals surface area contributed by atoms with Crippen LogP contribution in [0.2, 0.25) is 0 Å². The zero-order chi connectivity index (χ0) is 38.8. The van der Waals surface area contributed by atoms with Gasteiger partial charge in [-0.05, 0) is 85.0 Å². The molecule has 0 bridgehead atoms. The third-order valence-electron chi connectivity index (χ3n) is 12.6. The van der Waals surface area contributed by atoms with Crippen LogP contribution < -0.4 is 0 Å². The van der Waals surface area contributed by atoms with Gasteiger partial charge >= 0.3 is 0 Å². The Bertz CT molecular complexity index is 2970. The van der Waals surface area contributed by atoms with E-state index in [0.717, 1.165) is 33.6 Å². The number of hydrogen-bond donors (Lipinski definition) is 0. The fourth-order valence-electron chi connectivity index (χ4n) is 9.81. The third kappa shape index (κ3) is 5.18. The third-order valence-corrected chi connectivity index (χ3v) is 12.6. The smallest absolute Gasteiger partial charge is 0.160 e. The monoisotopic (exact) mass is 740 g/mol. The first-order valence-electron chi connectivity index (χ1n) is 20.2. The fraction of sp³-hybridized carbons (Fsp3) is 0.0714. The van der Waals surface area contributed by atoms with Crippen molar-refractivity contribution >= 4 is 0 Å². The van der Waals surface area contributed by atoms with E-state index >= 15 is 0 Å².